The third kappa shape index (κ3) is 3.08. The van der Waals surface area contributed by atoms with E-state index in [0.29, 0.717) is 11.3 Å². The molecule has 1 N–H and O–H groups in total. The fourth-order valence-electron chi connectivity index (χ4n) is 2.96. The molecule has 0 radical (unpaired) electrons. The Hall–Kier alpha value is -1.66. The number of aliphatic hydroxyl groups is 1. The Kier molecular flexibility index (Phi) is 4.59. The normalized spacial score (nSPS) is 18.1. The van der Waals surface area contributed by atoms with Crippen molar-refractivity contribution in [3.63, 3.8) is 0 Å². The van der Waals surface area contributed by atoms with E-state index in [1.165, 1.54) is 6.26 Å². The Morgan fingerprint density at radius 3 is 3.18 bits per heavy atom. The van der Waals surface area contributed by atoms with Gasteiger partial charge in [0, 0.05) is 24.6 Å². The number of aryl methyl sites for hydroxylation is 1. The van der Waals surface area contributed by atoms with E-state index in [1.54, 1.807) is 17.4 Å². The van der Waals surface area contributed by atoms with Gasteiger partial charge in [0.15, 0.2) is 5.76 Å². The Labute approximate surface area is 133 Å². The highest BCUT2D eigenvalue weighted by atomic mass is 32.1. The second-order valence-corrected chi connectivity index (χ2v) is 6.67. The highest BCUT2D eigenvalue weighted by molar-refractivity contribution is 7.09. The summed E-state index contributed by atoms with van der Waals surface area (Å²) in [6.07, 6.45) is 5.16. The Morgan fingerprint density at radius 2 is 2.45 bits per heavy atom. The molecule has 3 heterocycles. The van der Waals surface area contributed by atoms with Gasteiger partial charge in [-0.05, 0) is 38.7 Å². The Bertz CT molecular complexity index is 649. The molecule has 0 saturated carbocycles. The maximum atomic E-state index is 12.7. The van der Waals surface area contributed by atoms with Crippen molar-refractivity contribution in [2.45, 2.75) is 38.6 Å². The zero-order valence-corrected chi connectivity index (χ0v) is 13.4. The number of furan rings is 1. The van der Waals surface area contributed by atoms with Crippen LogP contribution in [0.4, 0.5) is 0 Å². The first-order chi connectivity index (χ1) is 10.7. The third-order valence-corrected chi connectivity index (χ3v) is 4.82. The van der Waals surface area contributed by atoms with E-state index < -0.39 is 0 Å². The summed E-state index contributed by atoms with van der Waals surface area (Å²) in [6.45, 7) is 2.90. The molecule has 1 unspecified atom stereocenters. The molecule has 3 rings (SSSR count). The number of aliphatic hydroxyl groups excluding tert-OH is 1. The second kappa shape index (κ2) is 6.62. The van der Waals surface area contributed by atoms with Gasteiger partial charge >= 0.3 is 0 Å². The van der Waals surface area contributed by atoms with E-state index in [9.17, 15) is 4.79 Å². The van der Waals surface area contributed by atoms with E-state index >= 15 is 0 Å². The molecule has 0 spiro atoms. The van der Waals surface area contributed by atoms with Crippen LogP contribution >= 0.6 is 11.3 Å². The SMILES string of the molecule is Cc1nc(-c2cc(C(=O)N3CCCC3CCCO)co2)cs1. The lowest BCUT2D eigenvalue weighted by Gasteiger charge is -2.23. The topological polar surface area (TPSA) is 66.6 Å². The minimum Gasteiger partial charge on any atom is -0.462 e. The molecule has 0 aromatic carbocycles. The molecule has 0 bridgehead atoms. The van der Waals surface area contributed by atoms with Crippen molar-refractivity contribution < 1.29 is 14.3 Å². The molecule has 22 heavy (non-hydrogen) atoms. The van der Waals surface area contributed by atoms with Gasteiger partial charge in [0.05, 0.1) is 10.6 Å². The van der Waals surface area contributed by atoms with Crippen molar-refractivity contribution in [3.8, 4) is 11.5 Å². The van der Waals surface area contributed by atoms with Crippen molar-refractivity contribution in [3.05, 3.63) is 28.3 Å². The molecule has 2 aromatic heterocycles. The Balaban J connectivity index is 1.73. The van der Waals surface area contributed by atoms with Crippen LogP contribution in [0.15, 0.2) is 22.1 Å². The van der Waals surface area contributed by atoms with Crippen molar-refractivity contribution in [2.75, 3.05) is 13.2 Å². The van der Waals surface area contributed by atoms with Gasteiger partial charge < -0.3 is 14.4 Å². The molecule has 1 aliphatic rings. The van der Waals surface area contributed by atoms with Gasteiger partial charge in [0.1, 0.15) is 12.0 Å². The van der Waals surface area contributed by atoms with Gasteiger partial charge in [-0.25, -0.2) is 4.98 Å². The molecule has 2 aromatic rings. The fourth-order valence-corrected chi connectivity index (χ4v) is 3.56. The van der Waals surface area contributed by atoms with Gasteiger partial charge in [-0.1, -0.05) is 0 Å². The van der Waals surface area contributed by atoms with Gasteiger partial charge in [0.2, 0.25) is 0 Å². The average molecular weight is 320 g/mol. The first-order valence-electron chi connectivity index (χ1n) is 7.62. The molecular weight excluding hydrogens is 300 g/mol. The number of rotatable bonds is 5. The van der Waals surface area contributed by atoms with Gasteiger partial charge in [0.25, 0.3) is 5.91 Å². The largest absolute Gasteiger partial charge is 0.462 e. The van der Waals surface area contributed by atoms with Crippen LogP contribution in [0.25, 0.3) is 11.5 Å². The summed E-state index contributed by atoms with van der Waals surface area (Å²) in [5, 5.41) is 11.9. The van der Waals surface area contributed by atoms with Crippen molar-refractivity contribution in [1.82, 2.24) is 9.88 Å². The summed E-state index contributed by atoms with van der Waals surface area (Å²) in [6, 6.07) is 2.01. The summed E-state index contributed by atoms with van der Waals surface area (Å²) in [5.41, 5.74) is 1.36. The zero-order chi connectivity index (χ0) is 15.5. The monoisotopic (exact) mass is 320 g/mol. The summed E-state index contributed by atoms with van der Waals surface area (Å²) in [4.78, 5) is 18.9. The van der Waals surface area contributed by atoms with E-state index in [2.05, 4.69) is 4.98 Å². The molecule has 1 atom stereocenters. The number of carbonyl (C=O) groups excluding carboxylic acids is 1. The summed E-state index contributed by atoms with van der Waals surface area (Å²) >= 11 is 1.56. The maximum Gasteiger partial charge on any atom is 0.257 e. The molecule has 1 fully saturated rings. The minimum absolute atomic E-state index is 0.0161. The molecule has 1 amide bonds. The molecule has 6 heteroatoms. The number of nitrogens with zero attached hydrogens (tertiary/aromatic N) is 2. The van der Waals surface area contributed by atoms with Gasteiger partial charge in [-0.2, -0.15) is 0 Å². The molecular formula is C16H20N2O3S. The highest BCUT2D eigenvalue weighted by Gasteiger charge is 2.29. The summed E-state index contributed by atoms with van der Waals surface area (Å²) in [7, 11) is 0. The van der Waals surface area contributed by atoms with Crippen LogP contribution in [0.1, 0.15) is 41.0 Å². The zero-order valence-electron chi connectivity index (χ0n) is 12.6. The van der Waals surface area contributed by atoms with E-state index in [-0.39, 0.29) is 18.6 Å². The van der Waals surface area contributed by atoms with Crippen LogP contribution < -0.4 is 0 Å². The highest BCUT2D eigenvalue weighted by Crippen LogP contribution is 2.27. The average Bonchev–Trinajstić information content (AvgIpc) is 3.24. The first kappa shape index (κ1) is 15.2. The van der Waals surface area contributed by atoms with Crippen LogP contribution in [-0.4, -0.2) is 40.1 Å². The van der Waals surface area contributed by atoms with Crippen LogP contribution in [-0.2, 0) is 0 Å². The number of aromatic nitrogens is 1. The number of amides is 1. The predicted octanol–water partition coefficient (Wildman–Crippen LogP) is 3.09. The molecule has 1 saturated heterocycles. The van der Waals surface area contributed by atoms with Crippen LogP contribution in [0.5, 0.6) is 0 Å². The lowest BCUT2D eigenvalue weighted by Crippen LogP contribution is -2.35. The number of hydrogen-bond donors (Lipinski definition) is 1. The number of thiazole rings is 1. The van der Waals surface area contributed by atoms with E-state index in [4.69, 9.17) is 9.52 Å². The standard InChI is InChI=1S/C16H20N2O3S/c1-11-17-14(10-22-11)15-8-12(9-21-15)16(20)18-6-2-4-13(18)5-3-7-19/h8-10,13,19H,2-7H2,1H3. The molecule has 5 nitrogen and oxygen atoms in total. The molecule has 0 aliphatic carbocycles. The molecule has 1 aliphatic heterocycles. The minimum atomic E-state index is 0.0161. The predicted molar refractivity (Wildman–Crippen MR) is 84.9 cm³/mol. The number of carbonyl (C=O) groups is 1. The quantitative estimate of drug-likeness (QED) is 0.919. The van der Waals surface area contributed by atoms with Crippen molar-refractivity contribution >= 4 is 17.2 Å². The summed E-state index contributed by atoms with van der Waals surface area (Å²) in [5.74, 6) is 0.654. The number of likely N-dealkylation sites (tertiary alicyclic amines) is 1. The van der Waals surface area contributed by atoms with Crippen LogP contribution in [0.2, 0.25) is 0 Å². The maximum absolute atomic E-state index is 12.7. The fraction of sp³-hybridized carbons (Fsp3) is 0.500. The molecule has 118 valence electrons. The van der Waals surface area contributed by atoms with Gasteiger partial charge in [-0.3, -0.25) is 4.79 Å². The van der Waals surface area contributed by atoms with E-state index in [1.807, 2.05) is 17.2 Å². The van der Waals surface area contributed by atoms with Crippen LogP contribution in [0, 0.1) is 6.92 Å². The number of hydrogen-bond acceptors (Lipinski definition) is 5. The third-order valence-electron chi connectivity index (χ3n) is 4.05. The Morgan fingerprint density at radius 1 is 1.59 bits per heavy atom. The second-order valence-electron chi connectivity index (χ2n) is 5.61. The smallest absolute Gasteiger partial charge is 0.257 e. The van der Waals surface area contributed by atoms with Crippen molar-refractivity contribution in [2.24, 2.45) is 0 Å². The van der Waals surface area contributed by atoms with E-state index in [0.717, 1.165) is 42.9 Å². The van der Waals surface area contributed by atoms with Gasteiger partial charge in [-0.15, -0.1) is 11.3 Å². The van der Waals surface area contributed by atoms with Crippen molar-refractivity contribution in [1.29, 1.82) is 0 Å². The van der Waals surface area contributed by atoms with Crippen LogP contribution in [0.3, 0.4) is 0 Å². The first-order valence-corrected chi connectivity index (χ1v) is 8.50. The lowest BCUT2D eigenvalue weighted by atomic mass is 10.1. The lowest BCUT2D eigenvalue weighted by molar-refractivity contribution is 0.0723. The summed E-state index contributed by atoms with van der Waals surface area (Å²) < 4.78 is 5.52.